The van der Waals surface area contributed by atoms with Gasteiger partial charge >= 0.3 is 0 Å². The summed E-state index contributed by atoms with van der Waals surface area (Å²) in [7, 11) is 0. The minimum atomic E-state index is -2.42. The van der Waals surface area contributed by atoms with E-state index in [4.69, 9.17) is 0 Å². The predicted molar refractivity (Wildman–Crippen MR) is 72.9 cm³/mol. The van der Waals surface area contributed by atoms with Crippen molar-refractivity contribution in [2.75, 3.05) is 11.9 Å². The third-order valence-corrected chi connectivity index (χ3v) is 2.87. The van der Waals surface area contributed by atoms with Crippen molar-refractivity contribution in [3.63, 3.8) is 0 Å². The Hall–Kier alpha value is -2.50. The van der Waals surface area contributed by atoms with Crippen LogP contribution >= 0.6 is 0 Å². The van der Waals surface area contributed by atoms with Crippen molar-refractivity contribution in [3.05, 3.63) is 48.7 Å². The van der Waals surface area contributed by atoms with Gasteiger partial charge in [-0.05, 0) is 0 Å². The molecular weight excluding hydrogens is 262 g/mol. The van der Waals surface area contributed by atoms with E-state index in [0.717, 1.165) is 11.3 Å². The maximum absolute atomic E-state index is 12.4. The van der Waals surface area contributed by atoms with Crippen LogP contribution in [0.1, 0.15) is 0 Å². The van der Waals surface area contributed by atoms with E-state index in [2.05, 4.69) is 15.4 Å². The van der Waals surface area contributed by atoms with Crippen LogP contribution in [0.25, 0.3) is 16.9 Å². The Labute approximate surface area is 114 Å². The van der Waals surface area contributed by atoms with Crippen molar-refractivity contribution in [1.29, 1.82) is 0 Å². The normalized spacial score (nSPS) is 11.2. The maximum Gasteiger partial charge on any atom is 0.255 e. The van der Waals surface area contributed by atoms with Crippen LogP contribution in [0, 0.1) is 0 Å². The first kappa shape index (κ1) is 12.5. The molecule has 102 valence electrons. The van der Waals surface area contributed by atoms with Crippen molar-refractivity contribution >= 4 is 11.5 Å². The Morgan fingerprint density at radius 2 is 1.95 bits per heavy atom. The molecule has 1 aromatic carbocycles. The number of hydrogen-bond donors (Lipinski definition) is 1. The molecule has 0 saturated carbocycles. The number of rotatable bonds is 4. The zero-order valence-electron chi connectivity index (χ0n) is 10.5. The summed E-state index contributed by atoms with van der Waals surface area (Å²) in [6, 6.07) is 13.0. The third kappa shape index (κ3) is 2.45. The monoisotopic (exact) mass is 274 g/mol. The molecule has 0 aliphatic heterocycles. The Balaban J connectivity index is 2.06. The fourth-order valence-electron chi connectivity index (χ4n) is 1.98. The Kier molecular flexibility index (Phi) is 3.28. The lowest BCUT2D eigenvalue weighted by Crippen LogP contribution is -2.13. The van der Waals surface area contributed by atoms with Gasteiger partial charge in [0.2, 0.25) is 0 Å². The first-order valence-corrected chi connectivity index (χ1v) is 6.16. The van der Waals surface area contributed by atoms with Gasteiger partial charge < -0.3 is 5.32 Å². The summed E-state index contributed by atoms with van der Waals surface area (Å²) in [6.45, 7) is -0.423. The summed E-state index contributed by atoms with van der Waals surface area (Å²) < 4.78 is 26.2. The Bertz CT molecular complexity index is 710. The second-order valence-corrected chi connectivity index (χ2v) is 4.27. The van der Waals surface area contributed by atoms with E-state index in [-0.39, 0.29) is 0 Å². The number of nitrogens with zero attached hydrogens (tertiary/aromatic N) is 3. The first-order valence-electron chi connectivity index (χ1n) is 6.16. The van der Waals surface area contributed by atoms with E-state index in [0.29, 0.717) is 11.5 Å². The van der Waals surface area contributed by atoms with Crippen LogP contribution in [-0.2, 0) is 0 Å². The molecule has 0 aliphatic rings. The molecule has 2 aromatic heterocycles. The first-order chi connectivity index (χ1) is 9.74. The molecule has 20 heavy (non-hydrogen) atoms. The average molecular weight is 274 g/mol. The number of nitrogens with one attached hydrogen (secondary N) is 1. The summed E-state index contributed by atoms with van der Waals surface area (Å²) in [5.41, 5.74) is 2.26. The van der Waals surface area contributed by atoms with Gasteiger partial charge in [0.1, 0.15) is 5.82 Å². The van der Waals surface area contributed by atoms with Crippen LogP contribution in [0.4, 0.5) is 14.6 Å². The lowest BCUT2D eigenvalue weighted by atomic mass is 10.1. The van der Waals surface area contributed by atoms with E-state index >= 15 is 0 Å². The molecule has 2 heterocycles. The van der Waals surface area contributed by atoms with Crippen LogP contribution in [-0.4, -0.2) is 27.6 Å². The van der Waals surface area contributed by atoms with Crippen LogP contribution in [0.15, 0.2) is 48.7 Å². The zero-order valence-corrected chi connectivity index (χ0v) is 10.5. The highest BCUT2D eigenvalue weighted by Gasteiger charge is 2.09. The van der Waals surface area contributed by atoms with Crippen LogP contribution in [0.5, 0.6) is 0 Å². The smallest absolute Gasteiger partial charge is 0.255 e. The van der Waals surface area contributed by atoms with Gasteiger partial charge in [-0.25, -0.2) is 13.8 Å². The second kappa shape index (κ2) is 5.24. The van der Waals surface area contributed by atoms with Gasteiger partial charge in [-0.1, -0.05) is 30.3 Å². The molecule has 0 radical (unpaired) electrons. The van der Waals surface area contributed by atoms with Crippen LogP contribution in [0.3, 0.4) is 0 Å². The maximum atomic E-state index is 12.4. The lowest BCUT2D eigenvalue weighted by molar-refractivity contribution is 0.163. The van der Waals surface area contributed by atoms with Gasteiger partial charge in [0.15, 0.2) is 5.65 Å². The molecule has 0 unspecified atom stereocenters. The zero-order chi connectivity index (χ0) is 13.9. The summed E-state index contributed by atoms with van der Waals surface area (Å²) in [4.78, 5) is 4.47. The third-order valence-electron chi connectivity index (χ3n) is 2.87. The SMILES string of the molecule is FC(F)CNc1cc(-c2ccccc2)nc2ccnn12. The van der Waals surface area contributed by atoms with Gasteiger partial charge in [0.25, 0.3) is 6.43 Å². The predicted octanol–water partition coefficient (Wildman–Crippen LogP) is 3.07. The molecule has 4 nitrogen and oxygen atoms in total. The van der Waals surface area contributed by atoms with Gasteiger partial charge in [-0.15, -0.1) is 0 Å². The highest BCUT2D eigenvalue weighted by Crippen LogP contribution is 2.21. The summed E-state index contributed by atoms with van der Waals surface area (Å²) in [5, 5.41) is 6.77. The van der Waals surface area contributed by atoms with Crippen molar-refractivity contribution < 1.29 is 8.78 Å². The van der Waals surface area contributed by atoms with Crippen molar-refractivity contribution in [2.45, 2.75) is 6.43 Å². The molecule has 0 spiro atoms. The molecule has 0 fully saturated rings. The Morgan fingerprint density at radius 1 is 1.15 bits per heavy atom. The van der Waals surface area contributed by atoms with E-state index in [1.807, 2.05) is 30.3 Å². The van der Waals surface area contributed by atoms with Crippen molar-refractivity contribution in [3.8, 4) is 11.3 Å². The molecule has 3 aromatic rings. The summed E-state index contributed by atoms with van der Waals surface area (Å²) in [5.74, 6) is 0.499. The van der Waals surface area contributed by atoms with Crippen LogP contribution < -0.4 is 5.32 Å². The van der Waals surface area contributed by atoms with Gasteiger partial charge in [0, 0.05) is 17.7 Å². The van der Waals surface area contributed by atoms with Crippen molar-refractivity contribution in [2.24, 2.45) is 0 Å². The largest absolute Gasteiger partial charge is 0.364 e. The molecule has 3 rings (SSSR count). The van der Waals surface area contributed by atoms with Crippen molar-refractivity contribution in [1.82, 2.24) is 14.6 Å². The number of anilines is 1. The minimum Gasteiger partial charge on any atom is -0.364 e. The molecule has 0 atom stereocenters. The number of benzene rings is 1. The molecule has 0 amide bonds. The highest BCUT2D eigenvalue weighted by atomic mass is 19.3. The summed E-state index contributed by atoms with van der Waals surface area (Å²) >= 11 is 0. The molecule has 0 bridgehead atoms. The molecule has 1 N–H and O–H groups in total. The van der Waals surface area contributed by atoms with E-state index in [1.54, 1.807) is 18.3 Å². The Morgan fingerprint density at radius 3 is 2.70 bits per heavy atom. The highest BCUT2D eigenvalue weighted by molar-refractivity contribution is 5.66. The summed E-state index contributed by atoms with van der Waals surface area (Å²) in [6.07, 6.45) is -0.834. The fourth-order valence-corrected chi connectivity index (χ4v) is 1.98. The van der Waals surface area contributed by atoms with E-state index < -0.39 is 13.0 Å². The molecule has 6 heteroatoms. The fraction of sp³-hybridized carbons (Fsp3) is 0.143. The quantitative estimate of drug-likeness (QED) is 0.795. The number of alkyl halides is 2. The number of fused-ring (bicyclic) bond motifs is 1. The minimum absolute atomic E-state index is 0.423. The standard InChI is InChI=1S/C14H12F2N4/c15-12(16)9-17-14-8-11(10-4-2-1-3-5-10)19-13-6-7-18-20(13)14/h1-8,12,17H,9H2. The van der Waals surface area contributed by atoms with E-state index in [1.165, 1.54) is 4.52 Å². The lowest BCUT2D eigenvalue weighted by Gasteiger charge is -2.10. The molecule has 0 saturated heterocycles. The number of halogens is 2. The van der Waals surface area contributed by atoms with Gasteiger partial charge in [-0.2, -0.15) is 9.61 Å². The van der Waals surface area contributed by atoms with Gasteiger partial charge in [0.05, 0.1) is 18.4 Å². The topological polar surface area (TPSA) is 42.2 Å². The van der Waals surface area contributed by atoms with Crippen LogP contribution in [0.2, 0.25) is 0 Å². The molecule has 0 aliphatic carbocycles. The van der Waals surface area contributed by atoms with Gasteiger partial charge in [-0.3, -0.25) is 0 Å². The molecular formula is C14H12F2N4. The number of hydrogen-bond acceptors (Lipinski definition) is 3. The second-order valence-electron chi connectivity index (χ2n) is 4.27. The average Bonchev–Trinajstić information content (AvgIpc) is 2.94. The number of aromatic nitrogens is 3. The van der Waals surface area contributed by atoms with E-state index in [9.17, 15) is 8.78 Å².